The third-order valence-corrected chi connectivity index (χ3v) is 6.97. The van der Waals surface area contributed by atoms with Crippen molar-refractivity contribution < 1.29 is 18.8 Å². The molecule has 178 valence electrons. The van der Waals surface area contributed by atoms with Gasteiger partial charge in [0.25, 0.3) is 5.91 Å². The number of rotatable bonds is 4. The van der Waals surface area contributed by atoms with Crippen LogP contribution in [0.1, 0.15) is 48.9 Å². The smallest absolute Gasteiger partial charge is 0.253 e. The van der Waals surface area contributed by atoms with Crippen molar-refractivity contribution in [1.82, 2.24) is 4.90 Å². The molecule has 0 radical (unpaired) electrons. The molecule has 0 bridgehead atoms. The Morgan fingerprint density at radius 2 is 1.71 bits per heavy atom. The SMILES string of the molecule is O=C(CN1C(=O)C2CCCCN2c2ccc(C(=O)N3CCCCC3)cc21)Nc1ccccc1F. The second kappa shape index (κ2) is 9.44. The molecular weight excluding hydrogens is 435 g/mol. The minimum atomic E-state index is -0.533. The van der Waals surface area contributed by atoms with Gasteiger partial charge in [0.15, 0.2) is 0 Å². The van der Waals surface area contributed by atoms with Gasteiger partial charge in [-0.05, 0) is 68.9 Å². The summed E-state index contributed by atoms with van der Waals surface area (Å²) in [6.07, 6.45) is 5.77. The lowest BCUT2D eigenvalue weighted by Gasteiger charge is -2.45. The van der Waals surface area contributed by atoms with Gasteiger partial charge in [0, 0.05) is 25.2 Å². The van der Waals surface area contributed by atoms with Crippen molar-refractivity contribution in [2.75, 3.05) is 41.3 Å². The fourth-order valence-electron chi connectivity index (χ4n) is 5.23. The Labute approximate surface area is 198 Å². The zero-order valence-corrected chi connectivity index (χ0v) is 19.1. The van der Waals surface area contributed by atoms with Crippen LogP contribution in [0.5, 0.6) is 0 Å². The van der Waals surface area contributed by atoms with E-state index in [9.17, 15) is 18.8 Å². The first-order valence-corrected chi connectivity index (χ1v) is 12.1. The molecule has 2 aromatic rings. The third kappa shape index (κ3) is 4.24. The number of anilines is 3. The predicted octanol–water partition coefficient (Wildman–Crippen LogP) is 3.80. The monoisotopic (exact) mass is 464 g/mol. The number of halogens is 1. The minimum absolute atomic E-state index is 0.0496. The molecule has 0 aromatic heterocycles. The average Bonchev–Trinajstić information content (AvgIpc) is 2.87. The van der Waals surface area contributed by atoms with Crippen LogP contribution in [0.3, 0.4) is 0 Å². The van der Waals surface area contributed by atoms with Gasteiger partial charge >= 0.3 is 0 Å². The van der Waals surface area contributed by atoms with Crippen LogP contribution in [0.15, 0.2) is 42.5 Å². The largest absolute Gasteiger partial charge is 0.358 e. The molecule has 5 rings (SSSR count). The van der Waals surface area contributed by atoms with Crippen LogP contribution >= 0.6 is 0 Å². The molecule has 0 spiro atoms. The van der Waals surface area contributed by atoms with E-state index < -0.39 is 11.7 Å². The van der Waals surface area contributed by atoms with E-state index in [0.29, 0.717) is 11.3 Å². The zero-order chi connectivity index (χ0) is 23.7. The molecule has 3 aliphatic heterocycles. The van der Waals surface area contributed by atoms with Crippen LogP contribution in [0.4, 0.5) is 21.5 Å². The van der Waals surface area contributed by atoms with E-state index in [0.717, 1.165) is 63.8 Å². The Morgan fingerprint density at radius 1 is 0.941 bits per heavy atom. The fraction of sp³-hybridized carbons (Fsp3) is 0.423. The standard InChI is InChI=1S/C26H29FN4O3/c27-19-8-2-3-9-20(19)28-24(32)17-31-23-16-18(25(33)29-13-5-1-6-14-29)11-12-21(23)30-15-7-4-10-22(30)26(31)34/h2-3,8-9,11-12,16,22H,1,4-7,10,13-15,17H2,(H,28,32). The number of nitrogens with one attached hydrogen (secondary N) is 1. The summed E-state index contributed by atoms with van der Waals surface area (Å²) in [7, 11) is 0. The Balaban J connectivity index is 1.46. The molecule has 0 saturated carbocycles. The van der Waals surface area contributed by atoms with Crippen LogP contribution in [0, 0.1) is 5.82 Å². The van der Waals surface area contributed by atoms with E-state index in [2.05, 4.69) is 10.2 Å². The molecule has 34 heavy (non-hydrogen) atoms. The molecule has 1 atom stereocenters. The number of fused-ring (bicyclic) bond motifs is 3. The van der Waals surface area contributed by atoms with Gasteiger partial charge in [0.2, 0.25) is 11.8 Å². The number of nitrogens with zero attached hydrogens (tertiary/aromatic N) is 3. The van der Waals surface area contributed by atoms with Gasteiger partial charge in [-0.15, -0.1) is 0 Å². The molecular formula is C26H29FN4O3. The van der Waals surface area contributed by atoms with E-state index in [4.69, 9.17) is 0 Å². The Morgan fingerprint density at radius 3 is 2.50 bits per heavy atom. The highest BCUT2D eigenvalue weighted by Crippen LogP contribution is 2.40. The number of carbonyl (C=O) groups is 3. The first kappa shape index (κ1) is 22.4. The molecule has 1 N–H and O–H groups in total. The van der Waals surface area contributed by atoms with Gasteiger partial charge in [0.1, 0.15) is 18.4 Å². The lowest BCUT2D eigenvalue weighted by Crippen LogP contribution is -2.56. The lowest BCUT2D eigenvalue weighted by molar-refractivity contribution is -0.123. The first-order valence-electron chi connectivity index (χ1n) is 12.1. The summed E-state index contributed by atoms with van der Waals surface area (Å²) in [4.78, 5) is 44.9. The average molecular weight is 465 g/mol. The maximum atomic E-state index is 14.0. The van der Waals surface area contributed by atoms with E-state index in [1.165, 1.54) is 17.0 Å². The van der Waals surface area contributed by atoms with E-state index in [1.54, 1.807) is 18.2 Å². The fourth-order valence-corrected chi connectivity index (χ4v) is 5.23. The van der Waals surface area contributed by atoms with Crippen LogP contribution in [0.25, 0.3) is 0 Å². The molecule has 2 aromatic carbocycles. The van der Waals surface area contributed by atoms with Crippen molar-refractivity contribution >= 4 is 34.8 Å². The number of amides is 3. The quantitative estimate of drug-likeness (QED) is 0.747. The highest BCUT2D eigenvalue weighted by molar-refractivity contribution is 6.11. The van der Waals surface area contributed by atoms with Gasteiger partial charge in [-0.2, -0.15) is 0 Å². The van der Waals surface area contributed by atoms with E-state index in [-0.39, 0.29) is 30.1 Å². The normalized spacial score (nSPS) is 20.0. The number of likely N-dealkylation sites (tertiary alicyclic amines) is 1. The summed E-state index contributed by atoms with van der Waals surface area (Å²) in [5.74, 6) is -1.22. The number of hydrogen-bond acceptors (Lipinski definition) is 4. The summed E-state index contributed by atoms with van der Waals surface area (Å²) < 4.78 is 14.0. The molecule has 2 fully saturated rings. The Kier molecular flexibility index (Phi) is 6.22. The number of benzene rings is 2. The molecule has 7 nitrogen and oxygen atoms in total. The molecule has 2 saturated heterocycles. The second-order valence-electron chi connectivity index (χ2n) is 9.21. The van der Waals surface area contributed by atoms with Crippen LogP contribution < -0.4 is 15.1 Å². The van der Waals surface area contributed by atoms with E-state index in [1.807, 2.05) is 17.0 Å². The zero-order valence-electron chi connectivity index (χ0n) is 19.1. The maximum absolute atomic E-state index is 14.0. The number of para-hydroxylation sites is 1. The molecule has 3 aliphatic rings. The highest BCUT2D eigenvalue weighted by atomic mass is 19.1. The summed E-state index contributed by atoms with van der Waals surface area (Å²) in [6.45, 7) is 1.99. The summed E-state index contributed by atoms with van der Waals surface area (Å²) in [5, 5.41) is 2.57. The van der Waals surface area contributed by atoms with Gasteiger partial charge in [0.05, 0.1) is 17.1 Å². The Bertz CT molecular complexity index is 1110. The van der Waals surface area contributed by atoms with Gasteiger partial charge < -0.3 is 15.1 Å². The van der Waals surface area contributed by atoms with Gasteiger partial charge in [-0.1, -0.05) is 12.1 Å². The molecule has 8 heteroatoms. The number of carbonyl (C=O) groups excluding carboxylic acids is 3. The van der Waals surface area contributed by atoms with Crippen molar-refractivity contribution in [2.24, 2.45) is 0 Å². The van der Waals surface area contributed by atoms with E-state index >= 15 is 0 Å². The van der Waals surface area contributed by atoms with Crippen LogP contribution in [-0.2, 0) is 9.59 Å². The molecule has 1 unspecified atom stereocenters. The molecule has 3 heterocycles. The number of hydrogen-bond donors (Lipinski definition) is 1. The van der Waals surface area contributed by atoms with Gasteiger partial charge in [-0.25, -0.2) is 4.39 Å². The number of piperidine rings is 2. The van der Waals surface area contributed by atoms with Crippen LogP contribution in [0.2, 0.25) is 0 Å². The van der Waals surface area contributed by atoms with Crippen molar-refractivity contribution in [3.8, 4) is 0 Å². The molecule has 3 amide bonds. The summed E-state index contributed by atoms with van der Waals surface area (Å²) in [5.41, 5.74) is 2.02. The van der Waals surface area contributed by atoms with Crippen LogP contribution in [-0.4, -0.2) is 54.8 Å². The summed E-state index contributed by atoms with van der Waals surface area (Å²) in [6, 6.07) is 11.1. The molecule has 0 aliphatic carbocycles. The summed E-state index contributed by atoms with van der Waals surface area (Å²) >= 11 is 0. The Hall–Kier alpha value is -3.42. The van der Waals surface area contributed by atoms with Crippen molar-refractivity contribution in [3.63, 3.8) is 0 Å². The lowest BCUT2D eigenvalue weighted by atomic mass is 9.95. The van der Waals surface area contributed by atoms with Gasteiger partial charge in [-0.3, -0.25) is 19.3 Å². The van der Waals surface area contributed by atoms with Crippen molar-refractivity contribution in [3.05, 3.63) is 53.8 Å². The maximum Gasteiger partial charge on any atom is 0.253 e. The second-order valence-corrected chi connectivity index (χ2v) is 9.21. The third-order valence-electron chi connectivity index (χ3n) is 6.97. The van der Waals surface area contributed by atoms with Crippen molar-refractivity contribution in [1.29, 1.82) is 0 Å². The van der Waals surface area contributed by atoms with Crippen molar-refractivity contribution in [2.45, 2.75) is 44.6 Å². The first-order chi connectivity index (χ1) is 16.5. The highest BCUT2D eigenvalue weighted by Gasteiger charge is 2.40. The predicted molar refractivity (Wildman–Crippen MR) is 129 cm³/mol. The minimum Gasteiger partial charge on any atom is -0.358 e. The topological polar surface area (TPSA) is 73.0 Å².